The first-order chi connectivity index (χ1) is 15.1. The zero-order valence-corrected chi connectivity index (χ0v) is 17.7. The Bertz CT molecular complexity index is 1070. The van der Waals surface area contributed by atoms with E-state index in [0.29, 0.717) is 45.6 Å². The third kappa shape index (κ3) is 4.55. The van der Waals surface area contributed by atoms with Crippen molar-refractivity contribution in [1.82, 2.24) is 20.1 Å². The summed E-state index contributed by atoms with van der Waals surface area (Å²) < 4.78 is 13.4. The Balaban J connectivity index is 1.46. The van der Waals surface area contributed by atoms with E-state index in [4.69, 9.17) is 0 Å². The van der Waals surface area contributed by atoms with E-state index in [9.17, 15) is 14.0 Å². The normalized spacial score (nSPS) is 14.1. The topological polar surface area (TPSA) is 68.4 Å². The van der Waals surface area contributed by atoms with Crippen molar-refractivity contribution in [2.75, 3.05) is 32.7 Å². The highest BCUT2D eigenvalue weighted by atomic mass is 19.1. The quantitative estimate of drug-likeness (QED) is 0.657. The highest BCUT2D eigenvalue weighted by molar-refractivity contribution is 5.91. The Morgan fingerprint density at radius 3 is 2.39 bits per heavy atom. The number of carbonyl (C=O) groups is 2. The van der Waals surface area contributed by atoms with Crippen LogP contribution in [0.15, 0.2) is 48.5 Å². The molecule has 0 atom stereocenters. The van der Waals surface area contributed by atoms with Gasteiger partial charge >= 0.3 is 6.03 Å². The summed E-state index contributed by atoms with van der Waals surface area (Å²) in [4.78, 5) is 31.8. The molecule has 1 aliphatic heterocycles. The number of benzene rings is 2. The minimum atomic E-state index is -0.275. The molecule has 0 aliphatic carbocycles. The van der Waals surface area contributed by atoms with Gasteiger partial charge in [-0.3, -0.25) is 4.79 Å². The van der Waals surface area contributed by atoms with Crippen LogP contribution in [0.1, 0.15) is 18.9 Å². The number of nitrogens with one attached hydrogen (secondary N) is 2. The van der Waals surface area contributed by atoms with Crippen LogP contribution in [0.25, 0.3) is 22.2 Å². The number of aromatic nitrogens is 1. The van der Waals surface area contributed by atoms with E-state index in [0.717, 1.165) is 27.7 Å². The molecule has 0 radical (unpaired) electrons. The summed E-state index contributed by atoms with van der Waals surface area (Å²) in [6.45, 7) is 4.68. The number of urea groups is 1. The van der Waals surface area contributed by atoms with Gasteiger partial charge in [0.05, 0.1) is 0 Å². The number of halogens is 1. The number of hydrogen-bond donors (Lipinski definition) is 2. The second-order valence-corrected chi connectivity index (χ2v) is 7.73. The predicted octanol–water partition coefficient (Wildman–Crippen LogP) is 3.78. The van der Waals surface area contributed by atoms with Gasteiger partial charge in [-0.05, 0) is 54.8 Å². The Morgan fingerprint density at radius 2 is 1.68 bits per heavy atom. The fourth-order valence-corrected chi connectivity index (χ4v) is 4.13. The predicted molar refractivity (Wildman–Crippen MR) is 119 cm³/mol. The molecule has 3 amide bonds. The van der Waals surface area contributed by atoms with Crippen molar-refractivity contribution in [2.45, 2.75) is 19.8 Å². The van der Waals surface area contributed by atoms with Crippen molar-refractivity contribution in [3.63, 3.8) is 0 Å². The van der Waals surface area contributed by atoms with E-state index in [-0.39, 0.29) is 17.8 Å². The summed E-state index contributed by atoms with van der Waals surface area (Å²) in [6, 6.07) is 14.3. The van der Waals surface area contributed by atoms with Gasteiger partial charge in [0, 0.05) is 55.7 Å². The number of amides is 3. The molecule has 4 rings (SSSR count). The van der Waals surface area contributed by atoms with Gasteiger partial charge in [0.15, 0.2) is 0 Å². The minimum Gasteiger partial charge on any atom is -0.354 e. The van der Waals surface area contributed by atoms with Gasteiger partial charge in [-0.1, -0.05) is 18.2 Å². The van der Waals surface area contributed by atoms with Crippen molar-refractivity contribution in [3.8, 4) is 11.3 Å². The third-order valence-corrected chi connectivity index (χ3v) is 5.78. The highest BCUT2D eigenvalue weighted by Crippen LogP contribution is 2.31. The highest BCUT2D eigenvalue weighted by Gasteiger charge is 2.24. The van der Waals surface area contributed by atoms with Crippen molar-refractivity contribution in [2.24, 2.45) is 0 Å². The lowest BCUT2D eigenvalue weighted by Crippen LogP contribution is -2.53. The summed E-state index contributed by atoms with van der Waals surface area (Å²) in [5, 5.41) is 3.88. The first-order valence-corrected chi connectivity index (χ1v) is 10.7. The van der Waals surface area contributed by atoms with Gasteiger partial charge in [0.1, 0.15) is 5.82 Å². The van der Waals surface area contributed by atoms with Crippen molar-refractivity contribution < 1.29 is 14.0 Å². The fourth-order valence-electron chi connectivity index (χ4n) is 4.13. The van der Waals surface area contributed by atoms with Crippen LogP contribution in [-0.2, 0) is 11.2 Å². The molecular formula is C24H27FN4O2. The average molecular weight is 423 g/mol. The zero-order chi connectivity index (χ0) is 21.8. The van der Waals surface area contributed by atoms with Gasteiger partial charge in [-0.2, -0.15) is 0 Å². The summed E-state index contributed by atoms with van der Waals surface area (Å²) in [6.07, 6.45) is 0.975. The number of aromatic amines is 1. The number of nitrogens with zero attached hydrogens (tertiary/aromatic N) is 2. The summed E-state index contributed by atoms with van der Waals surface area (Å²) >= 11 is 0. The molecule has 2 aromatic carbocycles. The monoisotopic (exact) mass is 422 g/mol. The lowest BCUT2D eigenvalue weighted by atomic mass is 10.0. The zero-order valence-electron chi connectivity index (χ0n) is 17.7. The standard InChI is InChI=1S/C24H27FN4O2/c1-2-26-24(31)29-15-13-28(14-16-29)22(30)12-11-20-19-5-3-4-6-21(19)27-23(20)17-7-9-18(25)10-8-17/h3-10,27H,2,11-16H2,1H3,(H,26,31). The Kier molecular flexibility index (Phi) is 6.21. The van der Waals surface area contributed by atoms with Gasteiger partial charge < -0.3 is 20.1 Å². The molecule has 1 aromatic heterocycles. The van der Waals surface area contributed by atoms with Crippen LogP contribution in [0.3, 0.4) is 0 Å². The Morgan fingerprint density at radius 1 is 1.00 bits per heavy atom. The second-order valence-electron chi connectivity index (χ2n) is 7.73. The summed E-state index contributed by atoms with van der Waals surface area (Å²) in [5.41, 5.74) is 3.89. The van der Waals surface area contributed by atoms with Crippen LogP contribution in [-0.4, -0.2) is 59.4 Å². The number of fused-ring (bicyclic) bond motifs is 1. The van der Waals surface area contributed by atoms with E-state index >= 15 is 0 Å². The molecule has 0 unspecified atom stereocenters. The number of para-hydroxylation sites is 1. The summed E-state index contributed by atoms with van der Waals surface area (Å²) in [7, 11) is 0. The Hall–Kier alpha value is -3.35. The van der Waals surface area contributed by atoms with Crippen LogP contribution >= 0.6 is 0 Å². The van der Waals surface area contributed by atoms with Crippen LogP contribution < -0.4 is 5.32 Å². The van der Waals surface area contributed by atoms with Crippen LogP contribution in [0, 0.1) is 5.82 Å². The van der Waals surface area contributed by atoms with Crippen molar-refractivity contribution in [3.05, 3.63) is 59.9 Å². The minimum absolute atomic E-state index is 0.0719. The molecule has 162 valence electrons. The molecule has 2 N–H and O–H groups in total. The molecule has 1 fully saturated rings. The van der Waals surface area contributed by atoms with E-state index < -0.39 is 0 Å². The molecule has 2 heterocycles. The largest absolute Gasteiger partial charge is 0.354 e. The number of H-pyrrole nitrogens is 1. The first kappa shape index (κ1) is 20.9. The van der Waals surface area contributed by atoms with E-state index in [1.54, 1.807) is 17.0 Å². The molecule has 1 saturated heterocycles. The van der Waals surface area contributed by atoms with Crippen LogP contribution in [0.5, 0.6) is 0 Å². The van der Waals surface area contributed by atoms with Crippen molar-refractivity contribution in [1.29, 1.82) is 0 Å². The molecule has 7 heteroatoms. The summed E-state index contributed by atoms with van der Waals surface area (Å²) in [5.74, 6) is -0.186. The Labute approximate surface area is 181 Å². The SMILES string of the molecule is CCNC(=O)N1CCN(C(=O)CCc2c(-c3ccc(F)cc3)[nH]c3ccccc23)CC1. The van der Waals surface area contributed by atoms with E-state index in [1.165, 1.54) is 12.1 Å². The maximum absolute atomic E-state index is 13.4. The van der Waals surface area contributed by atoms with Gasteiger partial charge in [0.25, 0.3) is 0 Å². The molecule has 3 aromatic rings. The van der Waals surface area contributed by atoms with E-state index in [1.807, 2.05) is 36.1 Å². The lowest BCUT2D eigenvalue weighted by molar-refractivity contribution is -0.132. The maximum atomic E-state index is 13.4. The molecule has 0 bridgehead atoms. The van der Waals surface area contributed by atoms with Crippen LogP contribution in [0.2, 0.25) is 0 Å². The molecule has 6 nitrogen and oxygen atoms in total. The molecule has 31 heavy (non-hydrogen) atoms. The van der Waals surface area contributed by atoms with Crippen LogP contribution in [0.4, 0.5) is 9.18 Å². The maximum Gasteiger partial charge on any atom is 0.317 e. The van der Waals surface area contributed by atoms with Gasteiger partial charge in [-0.15, -0.1) is 0 Å². The first-order valence-electron chi connectivity index (χ1n) is 10.7. The van der Waals surface area contributed by atoms with Gasteiger partial charge in [-0.25, -0.2) is 9.18 Å². The fraction of sp³-hybridized carbons (Fsp3) is 0.333. The molecule has 0 spiro atoms. The number of carbonyl (C=O) groups excluding carboxylic acids is 2. The number of hydrogen-bond acceptors (Lipinski definition) is 2. The lowest BCUT2D eigenvalue weighted by Gasteiger charge is -2.34. The number of piperazine rings is 1. The molecule has 0 saturated carbocycles. The smallest absolute Gasteiger partial charge is 0.317 e. The van der Waals surface area contributed by atoms with Crippen molar-refractivity contribution >= 4 is 22.8 Å². The molecular weight excluding hydrogens is 395 g/mol. The van der Waals surface area contributed by atoms with Gasteiger partial charge in [0.2, 0.25) is 5.91 Å². The average Bonchev–Trinajstić information content (AvgIpc) is 3.17. The molecule has 1 aliphatic rings. The van der Waals surface area contributed by atoms with E-state index in [2.05, 4.69) is 10.3 Å². The second kappa shape index (κ2) is 9.20. The third-order valence-electron chi connectivity index (χ3n) is 5.78. The number of rotatable bonds is 5. The number of aryl methyl sites for hydroxylation is 1.